The summed E-state index contributed by atoms with van der Waals surface area (Å²) in [6.07, 6.45) is 1.99. The van der Waals surface area contributed by atoms with E-state index in [4.69, 9.17) is 25.8 Å². The van der Waals surface area contributed by atoms with Crippen LogP contribution in [0.15, 0.2) is 47.4 Å². The second kappa shape index (κ2) is 9.25. The number of carbonyl (C=O) groups is 1. The summed E-state index contributed by atoms with van der Waals surface area (Å²) in [5.41, 5.74) is 0.556. The maximum Gasteiger partial charge on any atom is 0.338 e. The van der Waals surface area contributed by atoms with Crippen molar-refractivity contribution in [2.24, 2.45) is 0 Å². The zero-order valence-electron chi connectivity index (χ0n) is 18.9. The van der Waals surface area contributed by atoms with Crippen molar-refractivity contribution in [1.82, 2.24) is 0 Å². The quantitative estimate of drug-likeness (QED) is 0.434. The van der Waals surface area contributed by atoms with Gasteiger partial charge in [0.25, 0.3) is 10.0 Å². The highest BCUT2D eigenvalue weighted by atomic mass is 35.5. The van der Waals surface area contributed by atoms with E-state index < -0.39 is 38.2 Å². The number of anilines is 1. The van der Waals surface area contributed by atoms with Crippen LogP contribution in [-0.4, -0.2) is 34.7 Å². The molecule has 1 fully saturated rings. The van der Waals surface area contributed by atoms with Gasteiger partial charge in [0.05, 0.1) is 23.4 Å². The monoisotopic (exact) mass is 535 g/mol. The van der Waals surface area contributed by atoms with Gasteiger partial charge in [0.1, 0.15) is 35.5 Å². The van der Waals surface area contributed by atoms with Crippen molar-refractivity contribution in [3.05, 3.63) is 70.2 Å². The second-order valence-electron chi connectivity index (χ2n) is 8.42. The number of hydrogen-bond donors (Lipinski definition) is 1. The number of fused-ring (bicyclic) bond motifs is 6. The van der Waals surface area contributed by atoms with E-state index in [1.165, 1.54) is 13.2 Å². The van der Waals surface area contributed by atoms with Crippen molar-refractivity contribution in [3.8, 4) is 22.6 Å². The summed E-state index contributed by atoms with van der Waals surface area (Å²) in [7, 11) is -3.35. The average Bonchev–Trinajstić information content (AvgIpc) is 3.68. The molecule has 0 spiro atoms. The number of hydrogen-bond acceptors (Lipinski definition) is 6. The SMILES string of the molecule is COc1c(Cl)cc2cc1S(=O)(=O)Nc1cc(c(F)cc1F)-c1cc(C3CC3)ccc1OCCOC2=O. The lowest BCUT2D eigenvalue weighted by molar-refractivity contribution is 0.0450. The topological polar surface area (TPSA) is 90.9 Å². The number of cyclic esters (lactones) is 1. The summed E-state index contributed by atoms with van der Waals surface area (Å²) >= 11 is 6.17. The Balaban J connectivity index is 1.70. The van der Waals surface area contributed by atoms with E-state index in [0.717, 1.165) is 30.5 Å². The standard InChI is InChI=1S/C25H20ClF2NO6S/c1-33-24-18(26)9-15-10-23(24)36(31,32)29-21-11-16(19(27)12-20(21)28)17-8-14(13-2-3-13)4-5-22(17)34-6-7-35-25(15)30/h4-5,8-13,29H,2-3,6-7H2,1H3. The maximum absolute atomic E-state index is 15.0. The molecule has 3 aromatic rings. The number of nitrogens with one attached hydrogen (secondary N) is 1. The van der Waals surface area contributed by atoms with Gasteiger partial charge in [0.2, 0.25) is 0 Å². The molecule has 11 heteroatoms. The van der Waals surface area contributed by atoms with E-state index in [1.54, 1.807) is 12.1 Å². The van der Waals surface area contributed by atoms with E-state index in [1.807, 2.05) is 6.07 Å². The van der Waals surface area contributed by atoms with Gasteiger partial charge in [-0.3, -0.25) is 4.72 Å². The third-order valence-electron chi connectivity index (χ3n) is 5.96. The van der Waals surface area contributed by atoms with Gasteiger partial charge in [-0.1, -0.05) is 17.7 Å². The predicted octanol–water partition coefficient (Wildman–Crippen LogP) is 5.52. The van der Waals surface area contributed by atoms with E-state index in [-0.39, 0.29) is 40.9 Å². The van der Waals surface area contributed by atoms with Crippen LogP contribution in [0.1, 0.15) is 34.7 Å². The van der Waals surface area contributed by atoms with Gasteiger partial charge < -0.3 is 14.2 Å². The number of carbonyl (C=O) groups excluding carboxylic acids is 1. The molecule has 0 atom stereocenters. The third-order valence-corrected chi connectivity index (χ3v) is 7.61. The summed E-state index contributed by atoms with van der Waals surface area (Å²) in [5, 5.41) is -0.173. The molecule has 188 valence electrons. The van der Waals surface area contributed by atoms with Gasteiger partial charge >= 0.3 is 5.97 Å². The van der Waals surface area contributed by atoms with Crippen LogP contribution in [0.4, 0.5) is 14.5 Å². The average molecular weight is 536 g/mol. The summed E-state index contributed by atoms with van der Waals surface area (Å²) in [5.74, 6) is -2.53. The van der Waals surface area contributed by atoms with Gasteiger partial charge in [-0.15, -0.1) is 0 Å². The van der Waals surface area contributed by atoms with Crippen molar-refractivity contribution < 1.29 is 36.2 Å². The first kappa shape index (κ1) is 24.3. The van der Waals surface area contributed by atoms with E-state index in [0.29, 0.717) is 17.5 Å². The zero-order valence-corrected chi connectivity index (χ0v) is 20.5. The summed E-state index contributed by atoms with van der Waals surface area (Å²) in [6, 6.07) is 9.16. The molecule has 36 heavy (non-hydrogen) atoms. The minimum atomic E-state index is -4.55. The molecule has 0 amide bonds. The van der Waals surface area contributed by atoms with Crippen LogP contribution in [0.2, 0.25) is 5.02 Å². The Hall–Kier alpha value is -3.37. The molecule has 0 saturated heterocycles. The van der Waals surface area contributed by atoms with Crippen molar-refractivity contribution in [2.45, 2.75) is 23.7 Å². The first-order chi connectivity index (χ1) is 17.2. The molecule has 0 aromatic heterocycles. The van der Waals surface area contributed by atoms with Gasteiger partial charge in [-0.05, 0) is 54.7 Å². The molecule has 1 aliphatic carbocycles. The van der Waals surface area contributed by atoms with Gasteiger partial charge in [0.15, 0.2) is 5.75 Å². The fraction of sp³-hybridized carbons (Fsp3) is 0.240. The molecule has 1 saturated carbocycles. The van der Waals surface area contributed by atoms with Gasteiger partial charge in [0, 0.05) is 17.2 Å². The molecule has 0 radical (unpaired) electrons. The number of halogens is 3. The van der Waals surface area contributed by atoms with Crippen LogP contribution in [0, 0.1) is 11.6 Å². The minimum Gasteiger partial charge on any atom is -0.494 e. The largest absolute Gasteiger partial charge is 0.494 e. The maximum atomic E-state index is 15.0. The molecule has 0 unspecified atom stereocenters. The first-order valence-corrected chi connectivity index (χ1v) is 12.9. The number of benzene rings is 3. The summed E-state index contributed by atoms with van der Waals surface area (Å²) in [4.78, 5) is 12.1. The number of sulfonamides is 1. The van der Waals surface area contributed by atoms with Crippen LogP contribution in [0.5, 0.6) is 11.5 Å². The molecule has 1 heterocycles. The Morgan fingerprint density at radius 1 is 1.00 bits per heavy atom. The fourth-order valence-corrected chi connectivity index (χ4v) is 5.67. The Bertz CT molecular complexity index is 1490. The summed E-state index contributed by atoms with van der Waals surface area (Å²) < 4.78 is 74.7. The van der Waals surface area contributed by atoms with Crippen molar-refractivity contribution in [2.75, 3.05) is 25.0 Å². The molecule has 4 bridgehead atoms. The minimum absolute atomic E-state index is 0.0581. The Labute approximate surface area is 211 Å². The highest BCUT2D eigenvalue weighted by molar-refractivity contribution is 7.92. The van der Waals surface area contributed by atoms with Crippen LogP contribution in [0.25, 0.3) is 11.1 Å². The molecule has 1 N–H and O–H groups in total. The molecule has 3 aromatic carbocycles. The normalized spacial score (nSPS) is 16.9. The molecule has 5 rings (SSSR count). The lowest BCUT2D eigenvalue weighted by atomic mass is 9.99. The van der Waals surface area contributed by atoms with Crippen molar-refractivity contribution >= 4 is 33.3 Å². The fourth-order valence-electron chi connectivity index (χ4n) is 4.04. The van der Waals surface area contributed by atoms with Gasteiger partial charge in [-0.25, -0.2) is 22.0 Å². The Morgan fingerprint density at radius 2 is 1.75 bits per heavy atom. The summed E-state index contributed by atoms with van der Waals surface area (Å²) in [6.45, 7) is -0.242. The smallest absolute Gasteiger partial charge is 0.338 e. The predicted molar refractivity (Wildman–Crippen MR) is 128 cm³/mol. The van der Waals surface area contributed by atoms with Crippen LogP contribution < -0.4 is 14.2 Å². The lowest BCUT2D eigenvalue weighted by Crippen LogP contribution is -2.17. The first-order valence-electron chi connectivity index (χ1n) is 11.0. The number of esters is 1. The number of ether oxygens (including phenoxy) is 3. The molecule has 1 aliphatic heterocycles. The van der Waals surface area contributed by atoms with Gasteiger partial charge in [-0.2, -0.15) is 0 Å². The van der Waals surface area contributed by atoms with E-state index >= 15 is 4.39 Å². The van der Waals surface area contributed by atoms with E-state index in [2.05, 4.69) is 4.72 Å². The van der Waals surface area contributed by atoms with Crippen molar-refractivity contribution in [3.63, 3.8) is 0 Å². The lowest BCUT2D eigenvalue weighted by Gasteiger charge is -2.16. The van der Waals surface area contributed by atoms with Crippen LogP contribution in [-0.2, 0) is 14.8 Å². The molecule has 2 aliphatic rings. The molecular weight excluding hydrogens is 516 g/mol. The second-order valence-corrected chi connectivity index (χ2v) is 10.5. The zero-order chi connectivity index (χ0) is 25.6. The highest BCUT2D eigenvalue weighted by Crippen LogP contribution is 2.44. The van der Waals surface area contributed by atoms with E-state index in [9.17, 15) is 17.6 Å². The number of rotatable bonds is 2. The van der Waals surface area contributed by atoms with Crippen molar-refractivity contribution in [1.29, 1.82) is 0 Å². The molecule has 7 nitrogen and oxygen atoms in total. The Kier molecular flexibility index (Phi) is 6.25. The number of methoxy groups -OCH3 is 1. The van der Waals surface area contributed by atoms with Crippen LogP contribution in [0.3, 0.4) is 0 Å². The third kappa shape index (κ3) is 4.58. The highest BCUT2D eigenvalue weighted by Gasteiger charge is 2.28. The van der Waals surface area contributed by atoms with Crippen LogP contribution >= 0.6 is 11.6 Å². The molecular formula is C25H20ClF2NO6S. The Morgan fingerprint density at radius 3 is 2.47 bits per heavy atom.